The third-order valence-electron chi connectivity index (χ3n) is 2.42. The molecule has 0 atom stereocenters. The van der Waals surface area contributed by atoms with E-state index in [0.29, 0.717) is 15.8 Å². The Morgan fingerprint density at radius 2 is 2.10 bits per heavy atom. The Morgan fingerprint density at radius 1 is 1.35 bits per heavy atom. The second-order valence-electron chi connectivity index (χ2n) is 3.70. The fourth-order valence-electron chi connectivity index (χ4n) is 1.51. The summed E-state index contributed by atoms with van der Waals surface area (Å²) in [5, 5.41) is 20.0. The number of nitriles is 1. The molecule has 0 aliphatic heterocycles. The van der Waals surface area contributed by atoms with E-state index in [0.717, 1.165) is 0 Å². The predicted octanol–water partition coefficient (Wildman–Crippen LogP) is 4.67. The summed E-state index contributed by atoms with van der Waals surface area (Å²) in [4.78, 5) is 10.4. The lowest BCUT2D eigenvalue weighted by Gasteiger charge is -2.08. The fourth-order valence-corrected chi connectivity index (χ4v) is 2.16. The quantitative estimate of drug-likeness (QED) is 0.593. The SMILES string of the molecule is N#Cc1ccc(Oc2c(Br)cccc2[N+](=O)[O-])cc1Cl. The maximum atomic E-state index is 11.0. The van der Waals surface area contributed by atoms with Gasteiger partial charge < -0.3 is 4.74 Å². The van der Waals surface area contributed by atoms with E-state index in [-0.39, 0.29) is 16.5 Å². The lowest BCUT2D eigenvalue weighted by Crippen LogP contribution is -1.94. The Hall–Kier alpha value is -2.10. The lowest BCUT2D eigenvalue weighted by atomic mass is 10.2. The van der Waals surface area contributed by atoms with Crippen molar-refractivity contribution in [1.29, 1.82) is 5.26 Å². The van der Waals surface area contributed by atoms with Gasteiger partial charge in [0.25, 0.3) is 0 Å². The second kappa shape index (κ2) is 5.90. The Labute approximate surface area is 127 Å². The van der Waals surface area contributed by atoms with Gasteiger partial charge in [-0.2, -0.15) is 5.26 Å². The van der Waals surface area contributed by atoms with Crippen LogP contribution in [0.2, 0.25) is 5.02 Å². The van der Waals surface area contributed by atoms with Crippen LogP contribution in [-0.4, -0.2) is 4.92 Å². The van der Waals surface area contributed by atoms with E-state index in [2.05, 4.69) is 15.9 Å². The van der Waals surface area contributed by atoms with Gasteiger partial charge in [0.2, 0.25) is 5.75 Å². The van der Waals surface area contributed by atoms with Crippen molar-refractivity contribution >= 4 is 33.2 Å². The van der Waals surface area contributed by atoms with E-state index in [1.54, 1.807) is 12.1 Å². The molecule has 7 heteroatoms. The molecular weight excluding hydrogens is 348 g/mol. The summed E-state index contributed by atoms with van der Waals surface area (Å²) >= 11 is 9.09. The van der Waals surface area contributed by atoms with Crippen molar-refractivity contribution in [2.45, 2.75) is 0 Å². The van der Waals surface area contributed by atoms with Gasteiger partial charge in [-0.25, -0.2) is 0 Å². The largest absolute Gasteiger partial charge is 0.449 e. The number of nitrogens with zero attached hydrogens (tertiary/aromatic N) is 2. The van der Waals surface area contributed by atoms with Crippen LogP contribution in [0.1, 0.15) is 5.56 Å². The van der Waals surface area contributed by atoms with Gasteiger partial charge in [0.1, 0.15) is 11.8 Å². The fraction of sp³-hybridized carbons (Fsp3) is 0. The minimum absolute atomic E-state index is 0.0817. The molecule has 0 saturated carbocycles. The van der Waals surface area contributed by atoms with Crippen molar-refractivity contribution in [3.8, 4) is 17.6 Å². The first kappa shape index (κ1) is 14.3. The number of halogens is 2. The van der Waals surface area contributed by atoms with E-state index in [9.17, 15) is 10.1 Å². The molecule has 0 bridgehead atoms. The molecule has 2 rings (SSSR count). The van der Waals surface area contributed by atoms with E-state index in [1.165, 1.54) is 24.3 Å². The van der Waals surface area contributed by atoms with Crippen LogP contribution >= 0.6 is 27.5 Å². The first-order chi connectivity index (χ1) is 9.52. The van der Waals surface area contributed by atoms with Crippen LogP contribution < -0.4 is 4.74 Å². The third-order valence-corrected chi connectivity index (χ3v) is 3.36. The molecule has 100 valence electrons. The number of hydrogen-bond acceptors (Lipinski definition) is 4. The average Bonchev–Trinajstić information content (AvgIpc) is 2.41. The number of ether oxygens (including phenoxy) is 1. The van der Waals surface area contributed by atoms with Crippen LogP contribution in [0.4, 0.5) is 5.69 Å². The molecule has 0 aliphatic carbocycles. The van der Waals surface area contributed by atoms with Crippen molar-refractivity contribution in [2.24, 2.45) is 0 Å². The Kier molecular flexibility index (Phi) is 4.23. The van der Waals surface area contributed by atoms with Crippen LogP contribution in [0.5, 0.6) is 11.5 Å². The topological polar surface area (TPSA) is 76.2 Å². The normalized spacial score (nSPS) is 9.85. The summed E-state index contributed by atoms with van der Waals surface area (Å²) < 4.78 is 5.95. The van der Waals surface area contributed by atoms with Gasteiger partial charge in [-0.3, -0.25) is 10.1 Å². The zero-order valence-corrected chi connectivity index (χ0v) is 12.2. The molecule has 2 aromatic carbocycles. The van der Waals surface area contributed by atoms with Gasteiger partial charge in [-0.1, -0.05) is 17.7 Å². The number of nitro groups is 1. The van der Waals surface area contributed by atoms with E-state index in [4.69, 9.17) is 21.6 Å². The first-order valence-corrected chi connectivity index (χ1v) is 6.50. The molecule has 0 amide bonds. The van der Waals surface area contributed by atoms with E-state index >= 15 is 0 Å². The average molecular weight is 354 g/mol. The molecule has 0 aliphatic rings. The number of nitro benzene ring substituents is 1. The highest BCUT2D eigenvalue weighted by molar-refractivity contribution is 9.10. The van der Waals surface area contributed by atoms with Crippen molar-refractivity contribution in [2.75, 3.05) is 0 Å². The third kappa shape index (κ3) is 2.90. The van der Waals surface area contributed by atoms with Gasteiger partial charge in [-0.05, 0) is 34.1 Å². The maximum absolute atomic E-state index is 11.0. The van der Waals surface area contributed by atoms with Gasteiger partial charge in [-0.15, -0.1) is 0 Å². The highest BCUT2D eigenvalue weighted by Crippen LogP contribution is 2.38. The zero-order chi connectivity index (χ0) is 14.7. The summed E-state index contributed by atoms with van der Waals surface area (Å²) in [6, 6.07) is 10.9. The monoisotopic (exact) mass is 352 g/mol. The van der Waals surface area contributed by atoms with Crippen molar-refractivity contribution in [1.82, 2.24) is 0 Å². The van der Waals surface area contributed by atoms with Gasteiger partial charge in [0.15, 0.2) is 0 Å². The van der Waals surface area contributed by atoms with E-state index in [1.807, 2.05) is 6.07 Å². The summed E-state index contributed by atoms with van der Waals surface area (Å²) in [6.45, 7) is 0. The van der Waals surface area contributed by atoms with Gasteiger partial charge in [0.05, 0.1) is 20.0 Å². The first-order valence-electron chi connectivity index (χ1n) is 5.33. The molecule has 0 unspecified atom stereocenters. The molecule has 20 heavy (non-hydrogen) atoms. The Morgan fingerprint density at radius 3 is 2.70 bits per heavy atom. The van der Waals surface area contributed by atoms with Crippen LogP contribution in [0.25, 0.3) is 0 Å². The molecule has 0 fully saturated rings. The number of rotatable bonds is 3. The smallest absolute Gasteiger partial charge is 0.312 e. The molecule has 0 N–H and O–H groups in total. The molecule has 0 aromatic heterocycles. The van der Waals surface area contributed by atoms with Gasteiger partial charge >= 0.3 is 5.69 Å². The van der Waals surface area contributed by atoms with Crippen LogP contribution in [0.15, 0.2) is 40.9 Å². The molecule has 0 heterocycles. The van der Waals surface area contributed by atoms with Crippen molar-refractivity contribution < 1.29 is 9.66 Å². The van der Waals surface area contributed by atoms with E-state index < -0.39 is 4.92 Å². The maximum Gasteiger partial charge on any atom is 0.312 e. The highest BCUT2D eigenvalue weighted by Gasteiger charge is 2.19. The summed E-state index contributed by atoms with van der Waals surface area (Å²) in [7, 11) is 0. The highest BCUT2D eigenvalue weighted by atomic mass is 79.9. The Balaban J connectivity index is 2.43. The van der Waals surface area contributed by atoms with Crippen LogP contribution in [-0.2, 0) is 0 Å². The minimum Gasteiger partial charge on any atom is -0.449 e. The number of benzene rings is 2. The predicted molar refractivity (Wildman–Crippen MR) is 77.0 cm³/mol. The summed E-state index contributed by atoms with van der Waals surface area (Å²) in [5.41, 5.74) is 0.139. The number of para-hydroxylation sites is 1. The number of hydrogen-bond donors (Lipinski definition) is 0. The lowest BCUT2D eigenvalue weighted by molar-refractivity contribution is -0.385. The van der Waals surface area contributed by atoms with Crippen LogP contribution in [0.3, 0.4) is 0 Å². The Bertz CT molecular complexity index is 728. The van der Waals surface area contributed by atoms with Crippen molar-refractivity contribution in [3.63, 3.8) is 0 Å². The summed E-state index contributed by atoms with van der Waals surface area (Å²) in [6.07, 6.45) is 0. The second-order valence-corrected chi connectivity index (χ2v) is 4.96. The molecule has 0 saturated heterocycles. The zero-order valence-electron chi connectivity index (χ0n) is 9.84. The minimum atomic E-state index is -0.536. The molecule has 2 aromatic rings. The molecular formula is C13H6BrClN2O3. The molecule has 0 radical (unpaired) electrons. The molecule has 5 nitrogen and oxygen atoms in total. The molecule has 0 spiro atoms. The van der Waals surface area contributed by atoms with Crippen LogP contribution in [0, 0.1) is 21.4 Å². The van der Waals surface area contributed by atoms with Gasteiger partial charge in [0, 0.05) is 12.1 Å². The standard InChI is InChI=1S/C13H6BrClN2O3/c14-10-2-1-3-12(17(18)19)13(10)20-9-5-4-8(7-16)11(15)6-9/h1-6H. The van der Waals surface area contributed by atoms with Crippen molar-refractivity contribution in [3.05, 3.63) is 61.6 Å². The summed E-state index contributed by atoms with van der Waals surface area (Å²) in [5.74, 6) is 0.391.